The van der Waals surface area contributed by atoms with Crippen molar-refractivity contribution >= 4 is 5.91 Å². The van der Waals surface area contributed by atoms with Crippen molar-refractivity contribution in [2.45, 2.75) is 6.54 Å². The summed E-state index contributed by atoms with van der Waals surface area (Å²) in [5.41, 5.74) is 0.810. The van der Waals surface area contributed by atoms with Crippen LogP contribution in [0.1, 0.15) is 5.56 Å². The summed E-state index contributed by atoms with van der Waals surface area (Å²) < 4.78 is 57.1. The fourth-order valence-electron chi connectivity index (χ4n) is 1.66. The lowest BCUT2D eigenvalue weighted by Crippen LogP contribution is -2.28. The maximum atomic E-state index is 13.3. The molecule has 0 bridgehead atoms. The first-order chi connectivity index (χ1) is 10.5. The highest BCUT2D eigenvalue weighted by atomic mass is 19.2. The Morgan fingerprint density at radius 2 is 1.59 bits per heavy atom. The zero-order chi connectivity index (χ0) is 16.1. The van der Waals surface area contributed by atoms with E-state index in [4.69, 9.17) is 0 Å². The minimum Gasteiger partial charge on any atom is -0.477 e. The number of halogens is 4. The molecule has 2 rings (SSSR count). The molecule has 22 heavy (non-hydrogen) atoms. The Bertz CT molecular complexity index is 651. The molecule has 7 heteroatoms. The highest BCUT2D eigenvalue weighted by molar-refractivity contribution is 5.77. The van der Waals surface area contributed by atoms with Gasteiger partial charge in [-0.25, -0.2) is 8.78 Å². The molecule has 2 aromatic carbocycles. The topological polar surface area (TPSA) is 38.3 Å². The first-order valence-corrected chi connectivity index (χ1v) is 6.25. The van der Waals surface area contributed by atoms with Gasteiger partial charge in [0.2, 0.25) is 11.6 Å². The second kappa shape index (κ2) is 6.93. The molecule has 0 aliphatic heterocycles. The number of rotatable bonds is 5. The highest BCUT2D eigenvalue weighted by Crippen LogP contribution is 2.26. The first kappa shape index (κ1) is 15.8. The summed E-state index contributed by atoms with van der Waals surface area (Å²) in [6, 6.07) is 8.95. The second-order valence-electron chi connectivity index (χ2n) is 4.35. The van der Waals surface area contributed by atoms with Crippen LogP contribution in [-0.2, 0) is 11.3 Å². The van der Waals surface area contributed by atoms with Crippen LogP contribution >= 0.6 is 0 Å². The van der Waals surface area contributed by atoms with E-state index in [9.17, 15) is 22.4 Å². The van der Waals surface area contributed by atoms with Crippen molar-refractivity contribution < 1.29 is 27.1 Å². The lowest BCUT2D eigenvalue weighted by molar-refractivity contribution is -0.123. The average molecular weight is 313 g/mol. The molecule has 0 saturated carbocycles. The predicted molar refractivity (Wildman–Crippen MR) is 70.1 cm³/mol. The summed E-state index contributed by atoms with van der Waals surface area (Å²) in [5, 5.41) is 2.44. The van der Waals surface area contributed by atoms with Gasteiger partial charge in [0.05, 0.1) is 0 Å². The molecule has 0 aliphatic carbocycles. The summed E-state index contributed by atoms with van der Waals surface area (Å²) in [4.78, 5) is 11.5. The molecule has 0 atom stereocenters. The molecule has 2 aromatic rings. The number of carbonyl (C=O) groups excluding carboxylic acids is 1. The molecule has 116 valence electrons. The van der Waals surface area contributed by atoms with Gasteiger partial charge in [-0.2, -0.15) is 8.78 Å². The van der Waals surface area contributed by atoms with E-state index in [1.807, 2.05) is 0 Å². The molecular formula is C15H11F4NO2. The van der Waals surface area contributed by atoms with Crippen molar-refractivity contribution in [2.24, 2.45) is 0 Å². The third-order valence-corrected chi connectivity index (χ3v) is 2.75. The zero-order valence-corrected chi connectivity index (χ0v) is 11.2. The third kappa shape index (κ3) is 3.75. The van der Waals surface area contributed by atoms with Crippen molar-refractivity contribution in [3.63, 3.8) is 0 Å². The van der Waals surface area contributed by atoms with Crippen LogP contribution in [0, 0.1) is 23.3 Å². The third-order valence-electron chi connectivity index (χ3n) is 2.75. The quantitative estimate of drug-likeness (QED) is 0.681. The number of hydrogen-bond acceptors (Lipinski definition) is 2. The van der Waals surface area contributed by atoms with E-state index >= 15 is 0 Å². The smallest absolute Gasteiger partial charge is 0.258 e. The monoisotopic (exact) mass is 313 g/mol. The van der Waals surface area contributed by atoms with E-state index in [0.717, 1.165) is 5.56 Å². The SMILES string of the molecule is O=C(COc1c(F)c(F)cc(F)c1F)NCc1ccccc1. The standard InChI is InChI=1S/C15H11F4NO2/c16-10-6-11(17)14(19)15(13(10)18)22-8-12(21)20-7-9-4-2-1-3-5-9/h1-6H,7-8H2,(H,20,21). The summed E-state index contributed by atoms with van der Waals surface area (Å²) in [6.45, 7) is -0.588. The van der Waals surface area contributed by atoms with Crippen LogP contribution in [0.15, 0.2) is 36.4 Å². The number of benzene rings is 2. The lowest BCUT2D eigenvalue weighted by atomic mass is 10.2. The summed E-state index contributed by atoms with van der Waals surface area (Å²) >= 11 is 0. The molecule has 1 amide bonds. The molecular weight excluding hydrogens is 302 g/mol. The fourth-order valence-corrected chi connectivity index (χ4v) is 1.66. The van der Waals surface area contributed by atoms with Gasteiger partial charge in [-0.3, -0.25) is 4.79 Å². The van der Waals surface area contributed by atoms with Gasteiger partial charge in [0.25, 0.3) is 5.91 Å². The zero-order valence-electron chi connectivity index (χ0n) is 11.2. The molecule has 0 aliphatic rings. The number of nitrogens with one attached hydrogen (secondary N) is 1. The summed E-state index contributed by atoms with van der Waals surface area (Å²) in [5.74, 6) is -8.51. The Labute approximate surface area is 123 Å². The van der Waals surface area contributed by atoms with Gasteiger partial charge in [0, 0.05) is 12.6 Å². The number of carbonyl (C=O) groups is 1. The molecule has 0 saturated heterocycles. The van der Waals surface area contributed by atoms with Gasteiger partial charge in [-0.05, 0) is 5.56 Å². The summed E-state index contributed by atoms with van der Waals surface area (Å²) in [6.07, 6.45) is 0. The van der Waals surface area contributed by atoms with E-state index in [0.29, 0.717) is 0 Å². The lowest BCUT2D eigenvalue weighted by Gasteiger charge is -2.10. The second-order valence-corrected chi connectivity index (χ2v) is 4.35. The predicted octanol–water partition coefficient (Wildman–Crippen LogP) is 2.94. The number of ether oxygens (including phenoxy) is 1. The number of amides is 1. The van der Waals surface area contributed by atoms with Crippen molar-refractivity contribution in [3.05, 3.63) is 65.2 Å². The largest absolute Gasteiger partial charge is 0.477 e. The number of hydrogen-bond donors (Lipinski definition) is 1. The van der Waals surface area contributed by atoms with Crippen LogP contribution in [0.5, 0.6) is 5.75 Å². The average Bonchev–Trinajstić information content (AvgIpc) is 2.52. The Morgan fingerprint density at radius 1 is 1.00 bits per heavy atom. The highest BCUT2D eigenvalue weighted by Gasteiger charge is 2.21. The van der Waals surface area contributed by atoms with Gasteiger partial charge in [0.15, 0.2) is 24.0 Å². The van der Waals surface area contributed by atoms with Gasteiger partial charge in [-0.15, -0.1) is 0 Å². The van der Waals surface area contributed by atoms with Crippen LogP contribution in [-0.4, -0.2) is 12.5 Å². The molecule has 0 fully saturated rings. The van der Waals surface area contributed by atoms with Crippen molar-refractivity contribution in [1.82, 2.24) is 5.32 Å². The van der Waals surface area contributed by atoms with E-state index in [1.54, 1.807) is 30.3 Å². The fraction of sp³-hybridized carbons (Fsp3) is 0.133. The molecule has 0 heterocycles. The van der Waals surface area contributed by atoms with Crippen LogP contribution < -0.4 is 10.1 Å². The van der Waals surface area contributed by atoms with E-state index in [2.05, 4.69) is 10.1 Å². The Balaban J connectivity index is 1.94. The van der Waals surface area contributed by atoms with Gasteiger partial charge >= 0.3 is 0 Å². The van der Waals surface area contributed by atoms with Gasteiger partial charge in [0.1, 0.15) is 0 Å². The van der Waals surface area contributed by atoms with Gasteiger partial charge < -0.3 is 10.1 Å². The van der Waals surface area contributed by atoms with Crippen LogP contribution in [0.25, 0.3) is 0 Å². The van der Waals surface area contributed by atoms with E-state index in [1.165, 1.54) is 0 Å². The molecule has 0 aromatic heterocycles. The van der Waals surface area contributed by atoms with Crippen molar-refractivity contribution in [2.75, 3.05) is 6.61 Å². The molecule has 0 unspecified atom stereocenters. The maximum Gasteiger partial charge on any atom is 0.258 e. The normalized spacial score (nSPS) is 10.4. The summed E-state index contributed by atoms with van der Waals surface area (Å²) in [7, 11) is 0. The van der Waals surface area contributed by atoms with Crippen molar-refractivity contribution in [1.29, 1.82) is 0 Å². The van der Waals surface area contributed by atoms with Crippen LogP contribution in [0.3, 0.4) is 0 Å². The van der Waals surface area contributed by atoms with Gasteiger partial charge in [-0.1, -0.05) is 30.3 Å². The maximum absolute atomic E-state index is 13.3. The van der Waals surface area contributed by atoms with Crippen LogP contribution in [0.2, 0.25) is 0 Å². The van der Waals surface area contributed by atoms with Crippen molar-refractivity contribution in [3.8, 4) is 5.75 Å². The van der Waals surface area contributed by atoms with E-state index < -0.39 is 41.5 Å². The van der Waals surface area contributed by atoms with E-state index in [-0.39, 0.29) is 12.6 Å². The molecule has 3 nitrogen and oxygen atoms in total. The minimum atomic E-state index is -1.69. The molecule has 0 radical (unpaired) electrons. The minimum absolute atomic E-state index is 0.0625. The molecule has 1 N–H and O–H groups in total. The first-order valence-electron chi connectivity index (χ1n) is 6.25. The van der Waals surface area contributed by atoms with Crippen LogP contribution in [0.4, 0.5) is 17.6 Å². The Morgan fingerprint density at radius 3 is 2.18 bits per heavy atom. The Kier molecular flexibility index (Phi) is 4.98. The Hall–Kier alpha value is -2.57. The molecule has 0 spiro atoms.